The second kappa shape index (κ2) is 6.68. The van der Waals surface area contributed by atoms with E-state index in [0.717, 1.165) is 6.07 Å². The minimum atomic E-state index is -0.944. The predicted molar refractivity (Wildman–Crippen MR) is 81.8 cm³/mol. The third-order valence-corrected chi connectivity index (χ3v) is 2.84. The molecule has 2 rings (SSSR count). The van der Waals surface area contributed by atoms with Gasteiger partial charge in [0.15, 0.2) is 0 Å². The van der Waals surface area contributed by atoms with E-state index in [2.05, 4.69) is 10.6 Å². The summed E-state index contributed by atoms with van der Waals surface area (Å²) in [4.78, 5) is 33.6. The van der Waals surface area contributed by atoms with Crippen molar-refractivity contribution >= 4 is 40.5 Å². The Kier molecular flexibility index (Phi) is 4.70. The Hall–Kier alpha value is -2.93. The number of carbonyl (C=O) groups is 2. The highest BCUT2D eigenvalue weighted by Crippen LogP contribution is 2.17. The lowest BCUT2D eigenvalue weighted by Crippen LogP contribution is -2.29. The molecule has 2 N–H and O–H groups in total. The Morgan fingerprint density at radius 2 is 1.50 bits per heavy atom. The van der Waals surface area contributed by atoms with Gasteiger partial charge in [0.2, 0.25) is 0 Å². The maximum Gasteiger partial charge on any atom is 0.314 e. The van der Waals surface area contributed by atoms with Crippen LogP contribution >= 0.6 is 11.6 Å². The molecule has 2 aromatic carbocycles. The Labute approximate surface area is 130 Å². The molecular weight excluding hydrogens is 310 g/mol. The molecule has 0 fully saturated rings. The van der Waals surface area contributed by atoms with E-state index in [1.807, 2.05) is 0 Å². The normalized spacial score (nSPS) is 9.86. The van der Waals surface area contributed by atoms with Crippen LogP contribution in [-0.2, 0) is 9.59 Å². The van der Waals surface area contributed by atoms with Crippen LogP contribution in [0.5, 0.6) is 0 Å². The van der Waals surface area contributed by atoms with Crippen molar-refractivity contribution in [2.75, 3.05) is 10.6 Å². The summed E-state index contributed by atoms with van der Waals surface area (Å²) in [6, 6.07) is 11.6. The molecule has 0 atom stereocenters. The van der Waals surface area contributed by atoms with Crippen molar-refractivity contribution in [2.45, 2.75) is 0 Å². The molecule has 0 aliphatic heterocycles. The fourth-order valence-corrected chi connectivity index (χ4v) is 1.83. The molecule has 22 heavy (non-hydrogen) atoms. The third-order valence-electron chi connectivity index (χ3n) is 2.60. The molecule has 0 aromatic heterocycles. The van der Waals surface area contributed by atoms with Gasteiger partial charge in [0.25, 0.3) is 5.69 Å². The number of nitro benzene ring substituents is 1. The lowest BCUT2D eigenvalue weighted by Gasteiger charge is -2.06. The number of anilines is 2. The zero-order valence-corrected chi connectivity index (χ0v) is 11.8. The number of benzene rings is 2. The second-order valence-corrected chi connectivity index (χ2v) is 4.66. The maximum atomic E-state index is 11.8. The molecular formula is C14H10ClN3O4. The van der Waals surface area contributed by atoms with Gasteiger partial charge in [-0.05, 0) is 24.3 Å². The molecule has 0 bridgehead atoms. The molecule has 0 saturated carbocycles. The van der Waals surface area contributed by atoms with Gasteiger partial charge in [-0.2, -0.15) is 0 Å². The van der Waals surface area contributed by atoms with Gasteiger partial charge in [0, 0.05) is 28.5 Å². The molecule has 0 heterocycles. The van der Waals surface area contributed by atoms with Gasteiger partial charge in [-0.1, -0.05) is 23.7 Å². The van der Waals surface area contributed by atoms with Crippen LogP contribution in [0.25, 0.3) is 0 Å². The van der Waals surface area contributed by atoms with E-state index in [4.69, 9.17) is 11.6 Å². The van der Waals surface area contributed by atoms with Crippen LogP contribution in [-0.4, -0.2) is 16.7 Å². The van der Waals surface area contributed by atoms with Crippen molar-refractivity contribution < 1.29 is 14.5 Å². The van der Waals surface area contributed by atoms with Crippen LogP contribution < -0.4 is 10.6 Å². The van der Waals surface area contributed by atoms with Gasteiger partial charge in [0.1, 0.15) is 0 Å². The van der Waals surface area contributed by atoms with Gasteiger partial charge in [0.05, 0.1) is 4.92 Å². The standard InChI is InChI=1S/C14H10ClN3O4/c15-9-3-1-4-10(7-9)16-13(19)14(20)17-11-5-2-6-12(8-11)18(21)22/h1-8H,(H,16,19)(H,17,20). The molecule has 2 amide bonds. The third kappa shape index (κ3) is 4.03. The van der Waals surface area contributed by atoms with Crippen molar-refractivity contribution in [3.05, 3.63) is 63.7 Å². The van der Waals surface area contributed by atoms with Crippen molar-refractivity contribution in [1.29, 1.82) is 0 Å². The Morgan fingerprint density at radius 3 is 2.05 bits per heavy atom. The first kappa shape index (κ1) is 15.5. The molecule has 0 spiro atoms. The number of nitrogens with one attached hydrogen (secondary N) is 2. The van der Waals surface area contributed by atoms with E-state index in [1.165, 1.54) is 24.3 Å². The summed E-state index contributed by atoms with van der Waals surface area (Å²) in [6.45, 7) is 0. The molecule has 7 nitrogen and oxygen atoms in total. The molecule has 0 saturated heterocycles. The highest BCUT2D eigenvalue weighted by molar-refractivity contribution is 6.43. The van der Waals surface area contributed by atoms with E-state index < -0.39 is 16.7 Å². The molecule has 0 aliphatic rings. The van der Waals surface area contributed by atoms with Crippen LogP contribution in [0, 0.1) is 10.1 Å². The van der Waals surface area contributed by atoms with Crippen molar-refractivity contribution in [1.82, 2.24) is 0 Å². The number of nitrogens with zero attached hydrogens (tertiary/aromatic N) is 1. The topological polar surface area (TPSA) is 101 Å². The van der Waals surface area contributed by atoms with E-state index in [-0.39, 0.29) is 11.4 Å². The molecule has 0 unspecified atom stereocenters. The SMILES string of the molecule is O=C(Nc1cccc(Cl)c1)C(=O)Nc1cccc([N+](=O)[O-])c1. The summed E-state index contributed by atoms with van der Waals surface area (Å²) < 4.78 is 0. The zero-order chi connectivity index (χ0) is 16.1. The number of rotatable bonds is 3. The number of halogens is 1. The Bertz CT molecular complexity index is 748. The summed E-state index contributed by atoms with van der Waals surface area (Å²) >= 11 is 5.77. The second-order valence-electron chi connectivity index (χ2n) is 4.23. The highest BCUT2D eigenvalue weighted by Gasteiger charge is 2.15. The zero-order valence-electron chi connectivity index (χ0n) is 11.1. The number of carbonyl (C=O) groups excluding carboxylic acids is 2. The first-order valence-corrected chi connectivity index (χ1v) is 6.46. The predicted octanol–water partition coefficient (Wildman–Crippen LogP) is 2.83. The number of amides is 2. The van der Waals surface area contributed by atoms with E-state index >= 15 is 0 Å². The van der Waals surface area contributed by atoms with Gasteiger partial charge in [-0.25, -0.2) is 0 Å². The van der Waals surface area contributed by atoms with Crippen LogP contribution in [0.4, 0.5) is 17.1 Å². The van der Waals surface area contributed by atoms with Gasteiger partial charge >= 0.3 is 11.8 Å². The minimum Gasteiger partial charge on any atom is -0.318 e. The maximum absolute atomic E-state index is 11.8. The molecule has 2 aromatic rings. The van der Waals surface area contributed by atoms with Crippen molar-refractivity contribution in [3.8, 4) is 0 Å². The molecule has 0 aliphatic carbocycles. The lowest BCUT2D eigenvalue weighted by atomic mass is 10.2. The molecule has 0 radical (unpaired) electrons. The van der Waals surface area contributed by atoms with Crippen LogP contribution in [0.1, 0.15) is 0 Å². The summed E-state index contributed by atoms with van der Waals surface area (Å²) in [6.07, 6.45) is 0. The van der Waals surface area contributed by atoms with Crippen molar-refractivity contribution in [2.24, 2.45) is 0 Å². The largest absolute Gasteiger partial charge is 0.318 e. The summed E-state index contributed by atoms with van der Waals surface area (Å²) in [7, 11) is 0. The van der Waals surface area contributed by atoms with Crippen LogP contribution in [0.2, 0.25) is 5.02 Å². The fourth-order valence-electron chi connectivity index (χ4n) is 1.64. The van der Waals surface area contributed by atoms with Crippen LogP contribution in [0.3, 0.4) is 0 Å². The monoisotopic (exact) mass is 319 g/mol. The lowest BCUT2D eigenvalue weighted by molar-refractivity contribution is -0.384. The first-order valence-electron chi connectivity index (χ1n) is 6.08. The van der Waals surface area contributed by atoms with Crippen molar-refractivity contribution in [3.63, 3.8) is 0 Å². The summed E-state index contributed by atoms with van der Waals surface area (Å²) in [5.41, 5.74) is 0.334. The molecule has 8 heteroatoms. The first-order chi connectivity index (χ1) is 10.5. The number of non-ortho nitro benzene ring substituents is 1. The Balaban J connectivity index is 2.04. The number of hydrogen-bond donors (Lipinski definition) is 2. The summed E-state index contributed by atoms with van der Waals surface area (Å²) in [5.74, 6) is -1.85. The van der Waals surface area contributed by atoms with Gasteiger partial charge in [-0.15, -0.1) is 0 Å². The Morgan fingerprint density at radius 1 is 0.955 bits per heavy atom. The van der Waals surface area contributed by atoms with E-state index in [1.54, 1.807) is 18.2 Å². The summed E-state index contributed by atoms with van der Waals surface area (Å²) in [5, 5.41) is 15.7. The minimum absolute atomic E-state index is 0.153. The number of nitro groups is 1. The smallest absolute Gasteiger partial charge is 0.314 e. The van der Waals surface area contributed by atoms with Gasteiger partial charge in [-0.3, -0.25) is 19.7 Å². The average Bonchev–Trinajstić information content (AvgIpc) is 2.47. The quantitative estimate of drug-likeness (QED) is 0.516. The van der Waals surface area contributed by atoms with Crippen LogP contribution in [0.15, 0.2) is 48.5 Å². The van der Waals surface area contributed by atoms with E-state index in [9.17, 15) is 19.7 Å². The average molecular weight is 320 g/mol. The van der Waals surface area contributed by atoms with Gasteiger partial charge < -0.3 is 10.6 Å². The van der Waals surface area contributed by atoms with E-state index in [0.29, 0.717) is 10.7 Å². The fraction of sp³-hybridized carbons (Fsp3) is 0. The number of hydrogen-bond acceptors (Lipinski definition) is 4. The highest BCUT2D eigenvalue weighted by atomic mass is 35.5. The molecule has 112 valence electrons.